The molecule has 6 heteroatoms. The average molecular weight is 400 g/mol. The van der Waals surface area contributed by atoms with Gasteiger partial charge in [0.2, 0.25) is 5.82 Å². The fraction of sp³-hybridized carbons (Fsp3) is 0.0870. The summed E-state index contributed by atoms with van der Waals surface area (Å²) < 4.78 is 3.70. The summed E-state index contributed by atoms with van der Waals surface area (Å²) in [5.41, 5.74) is 6.29. The number of fused-ring (bicyclic) bond motifs is 1. The zero-order chi connectivity index (χ0) is 20.0. The number of rotatable bonds is 3. The van der Waals surface area contributed by atoms with Crippen molar-refractivity contribution in [3.8, 4) is 33.9 Å². The highest BCUT2D eigenvalue weighted by atomic mass is 35.5. The van der Waals surface area contributed by atoms with Crippen LogP contribution in [0.25, 0.3) is 39.4 Å². The summed E-state index contributed by atoms with van der Waals surface area (Å²) in [6.45, 7) is 2.11. The zero-order valence-corrected chi connectivity index (χ0v) is 16.8. The van der Waals surface area contributed by atoms with Crippen molar-refractivity contribution in [3.63, 3.8) is 0 Å². The Hall–Kier alpha value is -3.44. The highest BCUT2D eigenvalue weighted by molar-refractivity contribution is 6.33. The van der Waals surface area contributed by atoms with Crippen molar-refractivity contribution < 1.29 is 0 Å². The van der Waals surface area contributed by atoms with Crippen LogP contribution >= 0.6 is 11.6 Å². The summed E-state index contributed by atoms with van der Waals surface area (Å²) in [6, 6.07) is 18.5. The van der Waals surface area contributed by atoms with Gasteiger partial charge in [0, 0.05) is 36.8 Å². The molecule has 0 spiro atoms. The molecular formula is C23H18ClN5. The Labute approximate surface area is 173 Å². The average Bonchev–Trinajstić information content (AvgIpc) is 3.32. The van der Waals surface area contributed by atoms with Crippen molar-refractivity contribution in [2.24, 2.45) is 7.05 Å². The summed E-state index contributed by atoms with van der Waals surface area (Å²) in [5.74, 6) is 1.15. The first-order valence-electron chi connectivity index (χ1n) is 9.31. The summed E-state index contributed by atoms with van der Waals surface area (Å²) in [4.78, 5) is 8.93. The van der Waals surface area contributed by atoms with E-state index in [0.29, 0.717) is 16.8 Å². The third kappa shape index (κ3) is 2.91. The molecule has 0 aliphatic rings. The molecule has 5 rings (SSSR count). The third-order valence-electron chi connectivity index (χ3n) is 5.11. The Bertz CT molecular complexity index is 1330. The normalized spacial score (nSPS) is 11.3. The van der Waals surface area contributed by atoms with Gasteiger partial charge in [0.25, 0.3) is 0 Å². The summed E-state index contributed by atoms with van der Waals surface area (Å²) in [5, 5.41) is 5.14. The molecule has 29 heavy (non-hydrogen) atoms. The molecule has 0 unspecified atom stereocenters. The van der Waals surface area contributed by atoms with Gasteiger partial charge in [-0.05, 0) is 23.6 Å². The van der Waals surface area contributed by atoms with Gasteiger partial charge in [-0.1, -0.05) is 66.2 Å². The van der Waals surface area contributed by atoms with E-state index in [9.17, 15) is 0 Å². The molecule has 0 radical (unpaired) electrons. The fourth-order valence-corrected chi connectivity index (χ4v) is 3.95. The van der Waals surface area contributed by atoms with E-state index in [0.717, 1.165) is 27.8 Å². The van der Waals surface area contributed by atoms with Crippen LogP contribution in [0.15, 0.2) is 73.2 Å². The quantitative estimate of drug-likeness (QED) is 0.406. The van der Waals surface area contributed by atoms with Crippen LogP contribution in [-0.2, 0) is 7.05 Å². The molecule has 3 heterocycles. The van der Waals surface area contributed by atoms with Gasteiger partial charge in [-0.2, -0.15) is 0 Å². The SMILES string of the molecule is Cc1ccccc1-c1cn2nc(-c3nccn3C)nc(Cl)c2c1-c1ccccc1. The van der Waals surface area contributed by atoms with Crippen molar-refractivity contribution in [3.05, 3.63) is 83.9 Å². The number of hydrogen-bond acceptors (Lipinski definition) is 3. The van der Waals surface area contributed by atoms with Crippen molar-refractivity contribution in [2.45, 2.75) is 6.92 Å². The van der Waals surface area contributed by atoms with Crippen molar-refractivity contribution in [1.82, 2.24) is 24.1 Å². The summed E-state index contributed by atoms with van der Waals surface area (Å²) >= 11 is 6.72. The minimum Gasteiger partial charge on any atom is -0.331 e. The fourth-order valence-electron chi connectivity index (χ4n) is 3.69. The van der Waals surface area contributed by atoms with E-state index in [1.54, 1.807) is 6.20 Å². The number of aryl methyl sites for hydroxylation is 2. The molecule has 0 aliphatic heterocycles. The zero-order valence-electron chi connectivity index (χ0n) is 16.0. The van der Waals surface area contributed by atoms with Gasteiger partial charge in [0.05, 0.1) is 0 Å². The molecule has 0 fully saturated rings. The lowest BCUT2D eigenvalue weighted by Gasteiger charge is -2.09. The highest BCUT2D eigenvalue weighted by Gasteiger charge is 2.21. The monoisotopic (exact) mass is 399 g/mol. The Morgan fingerprint density at radius 3 is 2.41 bits per heavy atom. The topological polar surface area (TPSA) is 48.0 Å². The van der Waals surface area contributed by atoms with Gasteiger partial charge >= 0.3 is 0 Å². The molecule has 0 atom stereocenters. The maximum Gasteiger partial charge on any atom is 0.217 e. The van der Waals surface area contributed by atoms with E-state index >= 15 is 0 Å². The maximum absolute atomic E-state index is 6.72. The van der Waals surface area contributed by atoms with E-state index in [1.807, 2.05) is 58.9 Å². The van der Waals surface area contributed by atoms with Gasteiger partial charge < -0.3 is 4.57 Å². The molecule has 3 aromatic heterocycles. The molecule has 0 saturated heterocycles. The summed E-state index contributed by atoms with van der Waals surface area (Å²) in [6.07, 6.45) is 5.61. The first-order valence-corrected chi connectivity index (χ1v) is 9.69. The molecule has 0 saturated carbocycles. The molecule has 142 valence electrons. The number of halogens is 1. The predicted octanol–water partition coefficient (Wildman–Crippen LogP) is 5.43. The van der Waals surface area contributed by atoms with Gasteiger partial charge in [-0.15, -0.1) is 5.10 Å². The van der Waals surface area contributed by atoms with Crippen molar-refractivity contribution in [2.75, 3.05) is 0 Å². The molecule has 0 N–H and O–H groups in total. The number of imidazole rings is 1. The molecule has 2 aromatic carbocycles. The van der Waals surface area contributed by atoms with E-state index in [2.05, 4.69) is 41.2 Å². The highest BCUT2D eigenvalue weighted by Crippen LogP contribution is 2.40. The minimum atomic E-state index is 0.400. The van der Waals surface area contributed by atoms with Crippen LogP contribution in [0.4, 0.5) is 0 Å². The van der Waals surface area contributed by atoms with Crippen LogP contribution < -0.4 is 0 Å². The number of benzene rings is 2. The molecule has 5 aromatic rings. The summed E-state index contributed by atoms with van der Waals surface area (Å²) in [7, 11) is 1.91. The Morgan fingerprint density at radius 2 is 1.69 bits per heavy atom. The third-order valence-corrected chi connectivity index (χ3v) is 5.37. The lowest BCUT2D eigenvalue weighted by atomic mass is 9.95. The van der Waals surface area contributed by atoms with Gasteiger partial charge in [0.1, 0.15) is 5.52 Å². The van der Waals surface area contributed by atoms with Crippen LogP contribution in [0.2, 0.25) is 5.15 Å². The Morgan fingerprint density at radius 1 is 0.931 bits per heavy atom. The van der Waals surface area contributed by atoms with E-state index in [4.69, 9.17) is 16.7 Å². The second-order valence-electron chi connectivity index (χ2n) is 6.98. The number of hydrogen-bond donors (Lipinski definition) is 0. The predicted molar refractivity (Wildman–Crippen MR) is 116 cm³/mol. The van der Waals surface area contributed by atoms with E-state index < -0.39 is 0 Å². The molecular weight excluding hydrogens is 382 g/mol. The Kier molecular flexibility index (Phi) is 4.18. The van der Waals surface area contributed by atoms with E-state index in [-0.39, 0.29) is 0 Å². The molecule has 0 aliphatic carbocycles. The van der Waals surface area contributed by atoms with Crippen LogP contribution in [0.5, 0.6) is 0 Å². The largest absolute Gasteiger partial charge is 0.331 e. The van der Waals surface area contributed by atoms with Crippen LogP contribution in [0.3, 0.4) is 0 Å². The van der Waals surface area contributed by atoms with Gasteiger partial charge in [0.15, 0.2) is 11.0 Å². The lowest BCUT2D eigenvalue weighted by molar-refractivity contribution is 0.860. The van der Waals surface area contributed by atoms with Crippen molar-refractivity contribution in [1.29, 1.82) is 0 Å². The smallest absolute Gasteiger partial charge is 0.217 e. The standard InChI is InChI=1S/C23H18ClN5/c1-15-8-6-7-11-17(15)18-14-29-20(19(18)16-9-4-3-5-10-16)21(24)26-22(27-29)23-25-12-13-28(23)2/h3-14H,1-2H3. The van der Waals surface area contributed by atoms with E-state index in [1.165, 1.54) is 5.56 Å². The molecule has 0 amide bonds. The Balaban J connectivity index is 1.85. The second kappa shape index (κ2) is 6.87. The van der Waals surface area contributed by atoms with Crippen LogP contribution in [-0.4, -0.2) is 24.1 Å². The molecule has 0 bridgehead atoms. The van der Waals surface area contributed by atoms with Crippen LogP contribution in [0.1, 0.15) is 5.56 Å². The molecule has 5 nitrogen and oxygen atoms in total. The first kappa shape index (κ1) is 17.6. The first-order chi connectivity index (χ1) is 14.1. The van der Waals surface area contributed by atoms with Gasteiger partial charge in [-0.25, -0.2) is 14.5 Å². The maximum atomic E-state index is 6.72. The van der Waals surface area contributed by atoms with Crippen LogP contribution in [0, 0.1) is 6.92 Å². The van der Waals surface area contributed by atoms with Crippen molar-refractivity contribution >= 4 is 17.1 Å². The minimum absolute atomic E-state index is 0.400. The second-order valence-corrected chi connectivity index (χ2v) is 7.34. The lowest BCUT2D eigenvalue weighted by Crippen LogP contribution is -2.02. The van der Waals surface area contributed by atoms with Gasteiger partial charge in [-0.3, -0.25) is 0 Å². The number of nitrogens with zero attached hydrogens (tertiary/aromatic N) is 5. The number of aromatic nitrogens is 5.